The summed E-state index contributed by atoms with van der Waals surface area (Å²) in [5.74, 6) is -2.53. The fourth-order valence-corrected chi connectivity index (χ4v) is 1.53. The second-order valence-electron chi connectivity index (χ2n) is 4.27. The van der Waals surface area contributed by atoms with Crippen LogP contribution < -0.4 is 5.32 Å². The first-order valence-corrected chi connectivity index (χ1v) is 5.14. The summed E-state index contributed by atoms with van der Waals surface area (Å²) in [6.45, 7) is -0.0186. The van der Waals surface area contributed by atoms with Crippen molar-refractivity contribution >= 4 is 11.9 Å². The van der Waals surface area contributed by atoms with Gasteiger partial charge in [0.1, 0.15) is 12.3 Å². The van der Waals surface area contributed by atoms with Crippen molar-refractivity contribution in [2.45, 2.75) is 24.8 Å². The molecule has 2 aliphatic carbocycles. The van der Waals surface area contributed by atoms with Crippen LogP contribution in [0.5, 0.6) is 0 Å². The van der Waals surface area contributed by atoms with Crippen LogP contribution in [0.3, 0.4) is 0 Å². The molecule has 86 valence electrons. The normalized spacial score (nSPS) is 28.9. The Kier molecular flexibility index (Phi) is 2.56. The van der Waals surface area contributed by atoms with E-state index in [9.17, 15) is 9.59 Å². The molecule has 2 aliphatic rings. The molecule has 0 aliphatic heterocycles. The number of nitrogens with one attached hydrogen (secondary N) is 1. The summed E-state index contributed by atoms with van der Waals surface area (Å²) in [5, 5.41) is 20.2. The second-order valence-corrected chi connectivity index (χ2v) is 4.27. The summed E-state index contributed by atoms with van der Waals surface area (Å²) < 4.78 is 4.86. The zero-order valence-corrected chi connectivity index (χ0v) is 8.60. The maximum atomic E-state index is 11.3. The minimum atomic E-state index is -0.953. The van der Waals surface area contributed by atoms with Crippen molar-refractivity contribution in [3.05, 3.63) is 0 Å². The van der Waals surface area contributed by atoms with E-state index in [1.807, 2.05) is 0 Å². The van der Waals surface area contributed by atoms with Gasteiger partial charge in [0.25, 0.3) is 0 Å². The van der Waals surface area contributed by atoms with E-state index in [1.54, 1.807) is 0 Å². The zero-order chi connectivity index (χ0) is 11.8. The first-order chi connectivity index (χ1) is 7.58. The molecule has 0 aromatic heterocycles. The van der Waals surface area contributed by atoms with Gasteiger partial charge in [-0.1, -0.05) is 0 Å². The molecule has 2 atom stereocenters. The Morgan fingerprint density at radius 3 is 2.62 bits per heavy atom. The van der Waals surface area contributed by atoms with Crippen LogP contribution >= 0.6 is 0 Å². The number of hydrogen-bond acceptors (Lipinski definition) is 5. The minimum Gasteiger partial charge on any atom is -0.481 e. The number of hydrogen-bond donors (Lipinski definition) is 2. The third kappa shape index (κ3) is 2.14. The number of aliphatic carboxylic acids is 1. The van der Waals surface area contributed by atoms with E-state index >= 15 is 0 Å². The predicted octanol–water partition coefficient (Wildman–Crippen LogP) is -0.146. The molecule has 2 saturated carbocycles. The Balaban J connectivity index is 1.66. The number of carbonyl (C=O) groups excluding carboxylic acids is 1. The summed E-state index contributed by atoms with van der Waals surface area (Å²) in [6.07, 6.45) is 1.89. The SMILES string of the molecule is N#CC1(NCOC(=O)C2CC2C(=O)O)CC1. The van der Waals surface area contributed by atoms with E-state index in [0.29, 0.717) is 6.42 Å². The highest BCUT2D eigenvalue weighted by molar-refractivity contribution is 5.86. The molecule has 0 radical (unpaired) electrons. The molecule has 2 fully saturated rings. The number of ether oxygens (including phenoxy) is 1. The van der Waals surface area contributed by atoms with Crippen LogP contribution in [-0.2, 0) is 14.3 Å². The maximum Gasteiger partial charge on any atom is 0.311 e. The van der Waals surface area contributed by atoms with Gasteiger partial charge < -0.3 is 9.84 Å². The van der Waals surface area contributed by atoms with E-state index < -0.39 is 29.3 Å². The topological polar surface area (TPSA) is 99.4 Å². The van der Waals surface area contributed by atoms with Crippen molar-refractivity contribution in [1.82, 2.24) is 5.32 Å². The third-order valence-corrected chi connectivity index (χ3v) is 3.00. The van der Waals surface area contributed by atoms with Gasteiger partial charge in [0.15, 0.2) is 0 Å². The van der Waals surface area contributed by atoms with Crippen molar-refractivity contribution in [1.29, 1.82) is 5.26 Å². The van der Waals surface area contributed by atoms with Crippen molar-refractivity contribution in [3.8, 4) is 6.07 Å². The Hall–Kier alpha value is -1.61. The fraction of sp³-hybridized carbons (Fsp3) is 0.700. The molecule has 6 nitrogen and oxygen atoms in total. The van der Waals surface area contributed by atoms with Crippen LogP contribution in [0.25, 0.3) is 0 Å². The molecule has 0 aromatic carbocycles. The van der Waals surface area contributed by atoms with E-state index in [0.717, 1.165) is 12.8 Å². The summed E-state index contributed by atoms with van der Waals surface area (Å²) in [6, 6.07) is 2.10. The molecule has 2 N–H and O–H groups in total. The van der Waals surface area contributed by atoms with Crippen LogP contribution in [0.4, 0.5) is 0 Å². The van der Waals surface area contributed by atoms with Crippen LogP contribution in [0.1, 0.15) is 19.3 Å². The van der Waals surface area contributed by atoms with E-state index in [1.165, 1.54) is 0 Å². The van der Waals surface area contributed by atoms with Gasteiger partial charge >= 0.3 is 11.9 Å². The van der Waals surface area contributed by atoms with Gasteiger partial charge in [0.05, 0.1) is 17.9 Å². The fourth-order valence-electron chi connectivity index (χ4n) is 1.53. The molecule has 0 amide bonds. The van der Waals surface area contributed by atoms with Crippen molar-refractivity contribution in [2.24, 2.45) is 11.8 Å². The average molecular weight is 224 g/mol. The van der Waals surface area contributed by atoms with Crippen LogP contribution in [0.15, 0.2) is 0 Å². The largest absolute Gasteiger partial charge is 0.481 e. The highest BCUT2D eigenvalue weighted by Gasteiger charge is 2.50. The first kappa shape index (κ1) is 10.9. The number of carboxylic acid groups (broad SMARTS) is 1. The van der Waals surface area contributed by atoms with Gasteiger partial charge in [-0.25, -0.2) is 0 Å². The Labute approximate surface area is 92.2 Å². The molecule has 2 unspecified atom stereocenters. The minimum absolute atomic E-state index is 0.0186. The lowest BCUT2D eigenvalue weighted by Crippen LogP contribution is -2.33. The lowest BCUT2D eigenvalue weighted by molar-refractivity contribution is -0.149. The second kappa shape index (κ2) is 3.76. The number of nitrogens with zero attached hydrogens (tertiary/aromatic N) is 1. The zero-order valence-electron chi connectivity index (χ0n) is 8.60. The van der Waals surface area contributed by atoms with Crippen molar-refractivity contribution in [2.75, 3.05) is 6.73 Å². The molecule has 2 rings (SSSR count). The molecule has 0 saturated heterocycles. The third-order valence-electron chi connectivity index (χ3n) is 3.00. The number of rotatable bonds is 5. The average Bonchev–Trinajstić information content (AvgIpc) is 3.13. The predicted molar refractivity (Wildman–Crippen MR) is 50.9 cm³/mol. The Bertz CT molecular complexity index is 370. The van der Waals surface area contributed by atoms with Gasteiger partial charge in [0.2, 0.25) is 0 Å². The summed E-state index contributed by atoms with van der Waals surface area (Å²) in [5.41, 5.74) is -0.518. The number of esters is 1. The lowest BCUT2D eigenvalue weighted by atomic mass is 10.3. The smallest absolute Gasteiger partial charge is 0.311 e. The molecule has 0 spiro atoms. The monoisotopic (exact) mass is 224 g/mol. The maximum absolute atomic E-state index is 11.3. The molecule has 16 heavy (non-hydrogen) atoms. The van der Waals surface area contributed by atoms with Crippen molar-refractivity contribution in [3.63, 3.8) is 0 Å². The molecular weight excluding hydrogens is 212 g/mol. The highest BCUT2D eigenvalue weighted by atomic mass is 16.5. The molecule has 0 aromatic rings. The Morgan fingerprint density at radius 1 is 1.50 bits per heavy atom. The standard InChI is InChI=1S/C10H12N2O4/c11-4-10(1-2-10)12-5-16-9(15)7-3-6(7)8(13)14/h6-7,12H,1-3,5H2,(H,13,14). The molecule has 0 bridgehead atoms. The number of carboxylic acids is 1. The summed E-state index contributed by atoms with van der Waals surface area (Å²) in [7, 11) is 0. The lowest BCUT2D eigenvalue weighted by Gasteiger charge is -2.09. The van der Waals surface area contributed by atoms with Gasteiger partial charge in [-0.05, 0) is 19.3 Å². The van der Waals surface area contributed by atoms with Gasteiger partial charge in [0, 0.05) is 0 Å². The van der Waals surface area contributed by atoms with Crippen molar-refractivity contribution < 1.29 is 19.4 Å². The molecule has 6 heteroatoms. The number of carbonyl (C=O) groups is 2. The van der Waals surface area contributed by atoms with Gasteiger partial charge in [-0.2, -0.15) is 5.26 Å². The molecular formula is C10H12N2O4. The summed E-state index contributed by atoms with van der Waals surface area (Å²) >= 11 is 0. The number of nitriles is 1. The quantitative estimate of drug-likeness (QED) is 0.497. The van der Waals surface area contributed by atoms with E-state index in [2.05, 4.69) is 11.4 Å². The first-order valence-electron chi connectivity index (χ1n) is 5.14. The van der Waals surface area contributed by atoms with Crippen LogP contribution in [0, 0.1) is 23.2 Å². The summed E-state index contributed by atoms with van der Waals surface area (Å²) in [4.78, 5) is 21.8. The van der Waals surface area contributed by atoms with Crippen LogP contribution in [-0.4, -0.2) is 29.3 Å². The Morgan fingerprint density at radius 2 is 2.19 bits per heavy atom. The van der Waals surface area contributed by atoms with Gasteiger partial charge in [-0.3, -0.25) is 14.9 Å². The van der Waals surface area contributed by atoms with E-state index in [4.69, 9.17) is 15.1 Å². The van der Waals surface area contributed by atoms with Gasteiger partial charge in [-0.15, -0.1) is 0 Å². The van der Waals surface area contributed by atoms with Crippen LogP contribution in [0.2, 0.25) is 0 Å². The van der Waals surface area contributed by atoms with E-state index in [-0.39, 0.29) is 6.73 Å². The molecule has 0 heterocycles. The highest BCUT2D eigenvalue weighted by Crippen LogP contribution is 2.39.